The van der Waals surface area contributed by atoms with Crippen LogP contribution in [0.4, 0.5) is 0 Å². The second-order valence-corrected chi connectivity index (χ2v) is 2.96. The summed E-state index contributed by atoms with van der Waals surface area (Å²) in [5.41, 5.74) is 1.70. The van der Waals surface area contributed by atoms with E-state index in [2.05, 4.69) is 4.98 Å². The molecule has 0 bridgehead atoms. The lowest BCUT2D eigenvalue weighted by molar-refractivity contribution is -0.131. The highest BCUT2D eigenvalue weighted by Crippen LogP contribution is 2.15. The van der Waals surface area contributed by atoms with Gasteiger partial charge >= 0.3 is 5.97 Å². The Labute approximate surface area is 87.3 Å². The number of aliphatic carboxylic acids is 1. The Kier molecular flexibility index (Phi) is 3.74. The van der Waals surface area contributed by atoms with Crippen LogP contribution in [0.3, 0.4) is 0 Å². The maximum absolute atomic E-state index is 10.5. The predicted molar refractivity (Wildman–Crippen MR) is 55.5 cm³/mol. The van der Waals surface area contributed by atoms with Crippen LogP contribution in [0.25, 0.3) is 5.57 Å². The molecule has 78 valence electrons. The standard InChI is InChI=1S/C11H11NO3/c1-2-9(5-11(14)15)10-4-3-8(7-13)6-12-10/h3-7H,2H2,1H3,(H,14,15)/b9-5+. The van der Waals surface area contributed by atoms with Crippen molar-refractivity contribution in [3.63, 3.8) is 0 Å². The smallest absolute Gasteiger partial charge is 0.328 e. The SMILES string of the molecule is CC/C(=C\C(=O)O)c1ccc(C=O)cn1. The van der Waals surface area contributed by atoms with Crippen LogP contribution >= 0.6 is 0 Å². The van der Waals surface area contributed by atoms with Crippen molar-refractivity contribution in [3.05, 3.63) is 35.7 Å². The van der Waals surface area contributed by atoms with Crippen molar-refractivity contribution in [2.45, 2.75) is 13.3 Å². The van der Waals surface area contributed by atoms with Crippen molar-refractivity contribution in [1.82, 2.24) is 4.98 Å². The molecule has 0 unspecified atom stereocenters. The average molecular weight is 205 g/mol. The van der Waals surface area contributed by atoms with Crippen LogP contribution in [0.5, 0.6) is 0 Å². The maximum Gasteiger partial charge on any atom is 0.328 e. The molecule has 0 saturated heterocycles. The van der Waals surface area contributed by atoms with Crippen LogP contribution in [-0.2, 0) is 4.79 Å². The summed E-state index contributed by atoms with van der Waals surface area (Å²) in [5, 5.41) is 8.62. The van der Waals surface area contributed by atoms with Gasteiger partial charge in [0.2, 0.25) is 0 Å². The van der Waals surface area contributed by atoms with Crippen molar-refractivity contribution in [3.8, 4) is 0 Å². The first kappa shape index (κ1) is 11.1. The minimum absolute atomic E-state index is 0.476. The molecule has 0 aromatic carbocycles. The van der Waals surface area contributed by atoms with E-state index in [4.69, 9.17) is 5.11 Å². The molecule has 1 heterocycles. The molecule has 0 saturated carbocycles. The van der Waals surface area contributed by atoms with Gasteiger partial charge in [-0.05, 0) is 24.1 Å². The van der Waals surface area contributed by atoms with E-state index in [0.717, 1.165) is 6.08 Å². The van der Waals surface area contributed by atoms with Gasteiger partial charge in [0.05, 0.1) is 5.69 Å². The first-order chi connectivity index (χ1) is 7.17. The summed E-state index contributed by atoms with van der Waals surface area (Å²) in [7, 11) is 0. The lowest BCUT2D eigenvalue weighted by atomic mass is 10.1. The average Bonchev–Trinajstić information content (AvgIpc) is 2.26. The fourth-order valence-corrected chi connectivity index (χ4v) is 1.17. The molecule has 0 atom stereocenters. The van der Waals surface area contributed by atoms with E-state index in [9.17, 15) is 9.59 Å². The lowest BCUT2D eigenvalue weighted by Crippen LogP contribution is -1.95. The van der Waals surface area contributed by atoms with E-state index in [-0.39, 0.29) is 0 Å². The van der Waals surface area contributed by atoms with Gasteiger partial charge in [0.25, 0.3) is 0 Å². The molecule has 15 heavy (non-hydrogen) atoms. The largest absolute Gasteiger partial charge is 0.478 e. The van der Waals surface area contributed by atoms with E-state index < -0.39 is 5.97 Å². The number of rotatable bonds is 4. The normalized spacial score (nSPS) is 11.1. The van der Waals surface area contributed by atoms with Gasteiger partial charge in [-0.25, -0.2) is 4.79 Å². The highest BCUT2D eigenvalue weighted by molar-refractivity contribution is 5.89. The molecule has 0 aliphatic carbocycles. The number of pyridine rings is 1. The molecular formula is C11H11NO3. The summed E-state index contributed by atoms with van der Waals surface area (Å²) in [6.07, 6.45) is 3.83. The fraction of sp³-hybridized carbons (Fsp3) is 0.182. The number of carbonyl (C=O) groups is 2. The summed E-state index contributed by atoms with van der Waals surface area (Å²) in [5.74, 6) is -0.992. The number of hydrogen-bond donors (Lipinski definition) is 1. The van der Waals surface area contributed by atoms with Crippen LogP contribution in [-0.4, -0.2) is 22.3 Å². The quantitative estimate of drug-likeness (QED) is 0.600. The minimum Gasteiger partial charge on any atom is -0.478 e. The molecule has 0 radical (unpaired) electrons. The highest BCUT2D eigenvalue weighted by Gasteiger charge is 2.03. The van der Waals surface area contributed by atoms with E-state index >= 15 is 0 Å². The third-order valence-corrected chi connectivity index (χ3v) is 1.93. The number of hydrogen-bond acceptors (Lipinski definition) is 3. The molecule has 0 fully saturated rings. The van der Waals surface area contributed by atoms with Gasteiger partial charge in [-0.15, -0.1) is 0 Å². The molecule has 1 N–H and O–H groups in total. The Morgan fingerprint density at radius 2 is 2.27 bits per heavy atom. The van der Waals surface area contributed by atoms with Crippen LogP contribution < -0.4 is 0 Å². The fourth-order valence-electron chi connectivity index (χ4n) is 1.17. The van der Waals surface area contributed by atoms with E-state index in [0.29, 0.717) is 29.5 Å². The Bertz CT molecular complexity index is 393. The summed E-state index contributed by atoms with van der Waals surface area (Å²) >= 11 is 0. The Hall–Kier alpha value is -1.97. The van der Waals surface area contributed by atoms with E-state index in [1.807, 2.05) is 6.92 Å². The van der Waals surface area contributed by atoms with Crippen LogP contribution in [0.2, 0.25) is 0 Å². The summed E-state index contributed by atoms with van der Waals surface area (Å²) in [6.45, 7) is 1.85. The Morgan fingerprint density at radius 1 is 1.53 bits per heavy atom. The zero-order chi connectivity index (χ0) is 11.3. The topological polar surface area (TPSA) is 67.3 Å². The Balaban J connectivity index is 3.03. The van der Waals surface area contributed by atoms with Crippen molar-refractivity contribution in [2.24, 2.45) is 0 Å². The number of nitrogens with zero attached hydrogens (tertiary/aromatic N) is 1. The first-order valence-electron chi connectivity index (χ1n) is 4.52. The molecule has 4 heteroatoms. The van der Waals surface area contributed by atoms with E-state index in [1.165, 1.54) is 6.20 Å². The minimum atomic E-state index is -0.992. The molecule has 1 aromatic heterocycles. The third kappa shape index (κ3) is 3.02. The zero-order valence-electron chi connectivity index (χ0n) is 8.30. The van der Waals surface area contributed by atoms with Crippen molar-refractivity contribution >= 4 is 17.8 Å². The number of allylic oxidation sites excluding steroid dienone is 1. The van der Waals surface area contributed by atoms with Crippen molar-refractivity contribution in [2.75, 3.05) is 0 Å². The number of aromatic nitrogens is 1. The molecule has 4 nitrogen and oxygen atoms in total. The molecule has 0 amide bonds. The third-order valence-electron chi connectivity index (χ3n) is 1.93. The van der Waals surface area contributed by atoms with Gasteiger partial charge in [-0.2, -0.15) is 0 Å². The van der Waals surface area contributed by atoms with Crippen LogP contribution in [0.1, 0.15) is 29.4 Å². The summed E-state index contributed by atoms with van der Waals surface area (Å²) in [4.78, 5) is 24.9. The number of aldehydes is 1. The number of carboxylic acids is 1. The molecule has 1 rings (SSSR count). The van der Waals surface area contributed by atoms with E-state index in [1.54, 1.807) is 12.1 Å². The van der Waals surface area contributed by atoms with Gasteiger partial charge in [0.1, 0.15) is 0 Å². The summed E-state index contributed by atoms with van der Waals surface area (Å²) < 4.78 is 0. The first-order valence-corrected chi connectivity index (χ1v) is 4.52. The monoisotopic (exact) mass is 205 g/mol. The molecular weight excluding hydrogens is 194 g/mol. The number of carbonyl (C=O) groups excluding carboxylic acids is 1. The van der Waals surface area contributed by atoms with Crippen LogP contribution in [0.15, 0.2) is 24.4 Å². The molecule has 1 aromatic rings. The van der Waals surface area contributed by atoms with Crippen LogP contribution in [0, 0.1) is 0 Å². The zero-order valence-corrected chi connectivity index (χ0v) is 8.30. The van der Waals surface area contributed by atoms with Gasteiger partial charge in [0.15, 0.2) is 6.29 Å². The molecule has 0 aliphatic rings. The summed E-state index contributed by atoms with van der Waals surface area (Å²) in [6, 6.07) is 3.25. The second-order valence-electron chi connectivity index (χ2n) is 2.96. The highest BCUT2D eigenvalue weighted by atomic mass is 16.4. The van der Waals surface area contributed by atoms with Crippen molar-refractivity contribution in [1.29, 1.82) is 0 Å². The lowest BCUT2D eigenvalue weighted by Gasteiger charge is -2.02. The van der Waals surface area contributed by atoms with Gasteiger partial charge < -0.3 is 5.11 Å². The Morgan fingerprint density at radius 3 is 2.67 bits per heavy atom. The second kappa shape index (κ2) is 5.05. The van der Waals surface area contributed by atoms with Gasteiger partial charge in [-0.1, -0.05) is 6.92 Å². The van der Waals surface area contributed by atoms with Crippen molar-refractivity contribution < 1.29 is 14.7 Å². The maximum atomic E-state index is 10.5. The molecule has 0 aliphatic heterocycles. The molecule has 0 spiro atoms. The van der Waals surface area contributed by atoms with Gasteiger partial charge in [-0.3, -0.25) is 9.78 Å². The predicted octanol–water partition coefficient (Wildman–Crippen LogP) is 1.77. The number of carboxylic acid groups (broad SMARTS) is 1. The van der Waals surface area contributed by atoms with Gasteiger partial charge in [0, 0.05) is 17.8 Å².